The SMILES string of the molecule is ICCCCCCOCCOCCOC1CCNCC1. The van der Waals surface area contributed by atoms with Crippen LogP contribution in [0.4, 0.5) is 0 Å². The highest BCUT2D eigenvalue weighted by molar-refractivity contribution is 14.1. The summed E-state index contributed by atoms with van der Waals surface area (Å²) in [4.78, 5) is 0. The van der Waals surface area contributed by atoms with Crippen molar-refractivity contribution in [1.29, 1.82) is 0 Å². The minimum atomic E-state index is 0.429. The molecule has 0 aliphatic carbocycles. The van der Waals surface area contributed by atoms with Crippen molar-refractivity contribution in [3.05, 3.63) is 0 Å². The van der Waals surface area contributed by atoms with Crippen LogP contribution in [0.15, 0.2) is 0 Å². The molecule has 0 atom stereocenters. The number of unbranched alkanes of at least 4 members (excludes halogenated alkanes) is 3. The molecule has 0 radical (unpaired) electrons. The predicted octanol–water partition coefficient (Wildman–Crippen LogP) is 2.78. The Balaban J connectivity index is 1.70. The Labute approximate surface area is 137 Å². The van der Waals surface area contributed by atoms with E-state index < -0.39 is 0 Å². The first kappa shape index (κ1) is 18.6. The summed E-state index contributed by atoms with van der Waals surface area (Å²) >= 11 is 2.43. The van der Waals surface area contributed by atoms with Gasteiger partial charge in [-0.15, -0.1) is 0 Å². The average molecular weight is 399 g/mol. The third kappa shape index (κ3) is 11.3. The van der Waals surface area contributed by atoms with Crippen LogP contribution in [-0.4, -0.2) is 56.7 Å². The molecule has 1 N–H and O–H groups in total. The quantitative estimate of drug-likeness (QED) is 0.294. The molecule has 0 saturated carbocycles. The molecule has 0 aromatic carbocycles. The van der Waals surface area contributed by atoms with Gasteiger partial charge in [-0.05, 0) is 43.2 Å². The van der Waals surface area contributed by atoms with E-state index in [1.165, 1.54) is 30.1 Å². The summed E-state index contributed by atoms with van der Waals surface area (Å²) in [5.74, 6) is 0. The number of nitrogens with one attached hydrogen (secondary N) is 1. The van der Waals surface area contributed by atoms with Crippen molar-refractivity contribution < 1.29 is 14.2 Å². The second-order valence-corrected chi connectivity index (χ2v) is 6.23. The van der Waals surface area contributed by atoms with Gasteiger partial charge in [0.25, 0.3) is 0 Å². The number of rotatable bonds is 13. The topological polar surface area (TPSA) is 39.7 Å². The molecule has 120 valence electrons. The van der Waals surface area contributed by atoms with Crippen molar-refractivity contribution in [2.45, 2.75) is 44.6 Å². The lowest BCUT2D eigenvalue weighted by molar-refractivity contribution is -0.0199. The predicted molar refractivity (Wildman–Crippen MR) is 90.8 cm³/mol. The first-order valence-electron chi connectivity index (χ1n) is 7.97. The molecule has 1 rings (SSSR count). The number of alkyl halides is 1. The molecule has 1 aliphatic rings. The van der Waals surface area contributed by atoms with Gasteiger partial charge in [-0.2, -0.15) is 0 Å². The molecule has 20 heavy (non-hydrogen) atoms. The Hall–Kier alpha value is 0.570. The fraction of sp³-hybridized carbons (Fsp3) is 1.00. The molecule has 4 nitrogen and oxygen atoms in total. The lowest BCUT2D eigenvalue weighted by Crippen LogP contribution is -2.33. The third-order valence-electron chi connectivity index (χ3n) is 3.41. The van der Waals surface area contributed by atoms with Crippen LogP contribution >= 0.6 is 22.6 Å². The van der Waals surface area contributed by atoms with Crippen molar-refractivity contribution >= 4 is 22.6 Å². The summed E-state index contributed by atoms with van der Waals surface area (Å²) < 4.78 is 18.1. The first-order valence-corrected chi connectivity index (χ1v) is 9.50. The second kappa shape index (κ2) is 14.5. The maximum Gasteiger partial charge on any atom is 0.0704 e. The van der Waals surface area contributed by atoms with Crippen molar-refractivity contribution in [1.82, 2.24) is 5.32 Å². The van der Waals surface area contributed by atoms with Crippen LogP contribution in [0.25, 0.3) is 0 Å². The van der Waals surface area contributed by atoms with Crippen molar-refractivity contribution in [2.75, 3.05) is 50.6 Å². The van der Waals surface area contributed by atoms with Gasteiger partial charge in [0.2, 0.25) is 0 Å². The lowest BCUT2D eigenvalue weighted by Gasteiger charge is -2.22. The summed E-state index contributed by atoms with van der Waals surface area (Å²) in [6, 6.07) is 0. The molecule has 0 unspecified atom stereocenters. The normalized spacial score (nSPS) is 16.6. The van der Waals surface area contributed by atoms with Gasteiger partial charge >= 0.3 is 0 Å². The summed E-state index contributed by atoms with van der Waals surface area (Å²) in [6.45, 7) is 5.82. The van der Waals surface area contributed by atoms with E-state index in [4.69, 9.17) is 14.2 Å². The van der Waals surface area contributed by atoms with Gasteiger partial charge < -0.3 is 19.5 Å². The van der Waals surface area contributed by atoms with Crippen molar-refractivity contribution in [2.24, 2.45) is 0 Å². The molecular weight excluding hydrogens is 369 g/mol. The maximum absolute atomic E-state index is 5.76. The van der Waals surface area contributed by atoms with Crippen LogP contribution in [0.2, 0.25) is 0 Å². The third-order valence-corrected chi connectivity index (χ3v) is 4.17. The summed E-state index contributed by atoms with van der Waals surface area (Å²) in [6.07, 6.45) is 7.81. The number of hydrogen-bond donors (Lipinski definition) is 1. The molecule has 5 heteroatoms. The average Bonchev–Trinajstić information content (AvgIpc) is 2.49. The van der Waals surface area contributed by atoms with E-state index in [0.29, 0.717) is 32.5 Å². The molecule has 0 aromatic rings. The fourth-order valence-corrected chi connectivity index (χ4v) is 2.75. The Morgan fingerprint density at radius 3 is 2.20 bits per heavy atom. The molecule has 0 amide bonds. The zero-order valence-corrected chi connectivity index (χ0v) is 14.7. The number of ether oxygens (including phenoxy) is 3. The van der Waals surface area contributed by atoms with E-state index in [1.807, 2.05) is 0 Å². The van der Waals surface area contributed by atoms with E-state index in [0.717, 1.165) is 32.5 Å². The van der Waals surface area contributed by atoms with E-state index in [2.05, 4.69) is 27.9 Å². The number of halogens is 1. The highest BCUT2D eigenvalue weighted by Gasteiger charge is 2.12. The minimum absolute atomic E-state index is 0.429. The van der Waals surface area contributed by atoms with Gasteiger partial charge in [-0.1, -0.05) is 35.4 Å². The molecule has 1 fully saturated rings. The van der Waals surface area contributed by atoms with Crippen molar-refractivity contribution in [3.63, 3.8) is 0 Å². The molecule has 0 aromatic heterocycles. The fourth-order valence-electron chi connectivity index (χ4n) is 2.21. The monoisotopic (exact) mass is 399 g/mol. The molecule has 0 spiro atoms. The van der Waals surface area contributed by atoms with Crippen LogP contribution < -0.4 is 5.32 Å². The Kier molecular flexibility index (Phi) is 13.5. The van der Waals surface area contributed by atoms with Crippen LogP contribution in [-0.2, 0) is 14.2 Å². The molecule has 1 saturated heterocycles. The number of hydrogen-bond acceptors (Lipinski definition) is 4. The van der Waals surface area contributed by atoms with Gasteiger partial charge in [0.15, 0.2) is 0 Å². The Morgan fingerprint density at radius 2 is 1.45 bits per heavy atom. The molecule has 1 heterocycles. The highest BCUT2D eigenvalue weighted by Crippen LogP contribution is 2.06. The second-order valence-electron chi connectivity index (χ2n) is 5.15. The van der Waals surface area contributed by atoms with Gasteiger partial charge in [0, 0.05) is 6.61 Å². The van der Waals surface area contributed by atoms with Crippen molar-refractivity contribution in [3.8, 4) is 0 Å². The molecule has 0 bridgehead atoms. The largest absolute Gasteiger partial charge is 0.379 e. The maximum atomic E-state index is 5.76. The van der Waals surface area contributed by atoms with E-state index in [9.17, 15) is 0 Å². The first-order chi connectivity index (χ1) is 9.93. The number of piperidine rings is 1. The minimum Gasteiger partial charge on any atom is -0.379 e. The van der Waals surface area contributed by atoms with Crippen LogP contribution in [0.3, 0.4) is 0 Å². The Morgan fingerprint density at radius 1 is 0.800 bits per heavy atom. The zero-order valence-electron chi connectivity index (χ0n) is 12.6. The lowest BCUT2D eigenvalue weighted by atomic mass is 10.1. The standard InChI is InChI=1S/C15H30INO3/c16-7-3-1-2-4-10-18-11-12-19-13-14-20-15-5-8-17-9-6-15/h15,17H,1-14H2. The Bertz CT molecular complexity index is 202. The zero-order chi connectivity index (χ0) is 14.3. The van der Waals surface area contributed by atoms with Gasteiger partial charge in [0.05, 0.1) is 32.5 Å². The van der Waals surface area contributed by atoms with Crippen LogP contribution in [0, 0.1) is 0 Å². The highest BCUT2D eigenvalue weighted by atomic mass is 127. The summed E-state index contributed by atoms with van der Waals surface area (Å²) in [7, 11) is 0. The molecular formula is C15H30INO3. The smallest absolute Gasteiger partial charge is 0.0704 e. The van der Waals surface area contributed by atoms with E-state index in [1.54, 1.807) is 0 Å². The van der Waals surface area contributed by atoms with E-state index >= 15 is 0 Å². The van der Waals surface area contributed by atoms with Gasteiger partial charge in [-0.25, -0.2) is 0 Å². The molecule has 1 aliphatic heterocycles. The van der Waals surface area contributed by atoms with Crippen LogP contribution in [0.5, 0.6) is 0 Å². The van der Waals surface area contributed by atoms with E-state index in [-0.39, 0.29) is 0 Å². The van der Waals surface area contributed by atoms with Crippen LogP contribution in [0.1, 0.15) is 38.5 Å². The van der Waals surface area contributed by atoms with Gasteiger partial charge in [0.1, 0.15) is 0 Å². The summed E-state index contributed by atoms with van der Waals surface area (Å²) in [5, 5.41) is 3.33. The summed E-state index contributed by atoms with van der Waals surface area (Å²) in [5.41, 5.74) is 0. The van der Waals surface area contributed by atoms with Gasteiger partial charge in [-0.3, -0.25) is 0 Å².